The average Bonchev–Trinajstić information content (AvgIpc) is 1.54. The van der Waals surface area contributed by atoms with Crippen molar-refractivity contribution in [3.05, 3.63) is 196 Å². The molecule has 11 heterocycles. The third-order valence-electron chi connectivity index (χ3n) is 25.3. The number of amides is 10. The Bertz CT molecular complexity index is 5280. The van der Waals surface area contributed by atoms with Gasteiger partial charge >= 0.3 is 30.5 Å². The Labute approximate surface area is 748 Å². The maximum atomic E-state index is 13.8. The fraction of sp³-hybridized carbons (Fsp3) is 0.485. The number of nitrogens with one attached hydrogen (secondary N) is 1. The number of aldehydes is 1. The highest BCUT2D eigenvalue weighted by molar-refractivity contribution is 6.14. The summed E-state index contributed by atoms with van der Waals surface area (Å²) in [5, 5.41) is 2.86. The van der Waals surface area contributed by atoms with Crippen molar-refractivity contribution in [3.63, 3.8) is 0 Å². The Balaban J connectivity index is 0.000000138. The number of nitrogens with zero attached hydrogens (tertiary/aromatic N) is 11. The Morgan fingerprint density at radius 1 is 0.461 bits per heavy atom. The van der Waals surface area contributed by atoms with Crippen molar-refractivity contribution in [2.24, 2.45) is 5.92 Å². The predicted octanol–water partition coefficient (Wildman–Crippen LogP) is 12.9. The van der Waals surface area contributed by atoms with Crippen molar-refractivity contribution < 1.29 is 90.6 Å². The highest BCUT2D eigenvalue weighted by Crippen LogP contribution is 2.53. The van der Waals surface area contributed by atoms with Crippen molar-refractivity contribution >= 4 is 94.7 Å². The number of aromatic nitrogens is 2. The molecule has 10 amide bonds. The van der Waals surface area contributed by atoms with Gasteiger partial charge in [-0.05, 0) is 176 Å². The molecule has 0 radical (unpaired) electrons. The smallest absolute Gasteiger partial charge is 0.410 e. The molecule has 128 heavy (non-hydrogen) atoms. The number of rotatable bonds is 20. The summed E-state index contributed by atoms with van der Waals surface area (Å²) in [4.78, 5) is 156. The summed E-state index contributed by atoms with van der Waals surface area (Å²) >= 11 is 0. The molecular weight excluding hydrogens is 1640 g/mol. The molecule has 1 aromatic heterocycles. The van der Waals surface area contributed by atoms with Crippen LogP contribution in [0, 0.1) is 5.92 Å². The molecule has 6 aromatic carbocycles. The number of para-hydroxylation sites is 5. The normalized spacial score (nSPS) is 18.0. The van der Waals surface area contributed by atoms with E-state index in [2.05, 4.69) is 23.7 Å². The molecule has 1 aliphatic carbocycles. The van der Waals surface area contributed by atoms with E-state index in [0.717, 1.165) is 105 Å². The molecule has 7 aromatic rings. The number of benzene rings is 6. The molecule has 682 valence electrons. The van der Waals surface area contributed by atoms with E-state index in [1.807, 2.05) is 190 Å². The van der Waals surface area contributed by atoms with E-state index in [9.17, 15) is 52.7 Å². The molecule has 0 saturated carbocycles. The first-order chi connectivity index (χ1) is 61.0. The van der Waals surface area contributed by atoms with Gasteiger partial charge in [-0.3, -0.25) is 24.0 Å². The molecule has 0 unspecified atom stereocenters. The van der Waals surface area contributed by atoms with Gasteiger partial charge in [-0.1, -0.05) is 124 Å². The second kappa shape index (κ2) is 38.7. The Morgan fingerprint density at radius 3 is 1.25 bits per heavy atom. The van der Waals surface area contributed by atoms with Crippen LogP contribution in [-0.2, 0) is 121 Å². The number of carbonyl (C=O) groups excluding carboxylic acids is 11. The van der Waals surface area contributed by atoms with Gasteiger partial charge in [0.15, 0.2) is 6.29 Å². The van der Waals surface area contributed by atoms with E-state index < -0.39 is 45.1 Å². The lowest BCUT2D eigenvalue weighted by molar-refractivity contribution is -0.139. The Morgan fingerprint density at radius 2 is 0.836 bits per heavy atom. The van der Waals surface area contributed by atoms with Crippen molar-refractivity contribution in [1.82, 2.24) is 34.1 Å². The summed E-state index contributed by atoms with van der Waals surface area (Å²) in [6.07, 6.45) is 4.00. The lowest BCUT2D eigenvalue weighted by Crippen LogP contribution is -2.65. The van der Waals surface area contributed by atoms with Gasteiger partial charge in [0.1, 0.15) is 50.5 Å². The minimum absolute atomic E-state index is 0. The maximum absolute atomic E-state index is 13.8. The molecule has 31 nitrogen and oxygen atoms in total. The molecule has 0 bridgehead atoms. The third kappa shape index (κ3) is 17.5. The quantitative estimate of drug-likeness (QED) is 0.0421. The van der Waals surface area contributed by atoms with Crippen LogP contribution in [0.1, 0.15) is 153 Å². The molecule has 5 spiro atoms. The molecule has 31 heteroatoms. The van der Waals surface area contributed by atoms with Crippen LogP contribution in [-0.4, -0.2) is 238 Å². The van der Waals surface area contributed by atoms with E-state index >= 15 is 0 Å². The number of fused-ring (bicyclic) bond motifs is 11. The van der Waals surface area contributed by atoms with Crippen LogP contribution in [0.3, 0.4) is 0 Å². The van der Waals surface area contributed by atoms with Gasteiger partial charge < -0.3 is 96.7 Å². The number of hydrogen-bond acceptors (Lipinski definition) is 20. The van der Waals surface area contributed by atoms with Crippen molar-refractivity contribution in [3.8, 4) is 5.75 Å². The topological polar surface area (TPSA) is 321 Å². The van der Waals surface area contributed by atoms with Crippen LogP contribution in [0.2, 0.25) is 0 Å². The number of ether oxygens (including phenoxy) is 8. The van der Waals surface area contributed by atoms with Crippen molar-refractivity contribution in [2.45, 2.75) is 174 Å². The van der Waals surface area contributed by atoms with E-state index in [-0.39, 0.29) is 67.9 Å². The van der Waals surface area contributed by atoms with Crippen LogP contribution < -0.4 is 29.7 Å². The summed E-state index contributed by atoms with van der Waals surface area (Å²) in [6, 6.07) is 46.4. The lowest BCUT2D eigenvalue weighted by atomic mass is 9.75. The van der Waals surface area contributed by atoms with Crippen LogP contribution in [0.25, 0.3) is 0 Å². The standard InChI is InChI=1S/C26H34N4O3.C23H26N2O4.C19H26N2O5.C15H16N2O4.C13H14N2O3.CH4/c1-4-33-25(32)28-16-26(17-28)19-9-5-7-11-21(19)30(24(26)31)15-23-27-20-10-6-8-12-22(20)29(23)14-13-18(2)3;1-22(2,3)29-21(27)24-14-23(15-24)18-7-5-6-8-19(18)25(20(23)26)13-16-9-11-17(28-4)12-10-16;1-4-24-16(25-5-2)11-21-15-10-8-7-9-14(15)19(17(21)22)12-20(13-19)18(23)26-6-3;1-2-21-14(20)16-9-15(10-16)11-5-3-4-6-12(11)17(7-8-18)13(15)19;1-2-18-12(17)15-7-13(8-15)9-5-3-4-6-10(9)14-11(13)16;/h5,7,9,11,18H,4,6,8,10,12-17H2,1-3H3;5-12H,13-15H2,1-4H3;7-10,16H,4-6,11-13H2,1-3H3;3-6,8H,2,7,9-10H2,1H3;3-6H,2,7-8H2,1H3,(H,14,16);1H4. The second-order valence-electron chi connectivity index (χ2n) is 35.0. The molecule has 11 aliphatic rings. The van der Waals surface area contributed by atoms with E-state index in [0.29, 0.717) is 131 Å². The minimum atomic E-state index is -0.716. The van der Waals surface area contributed by atoms with E-state index in [4.69, 9.17) is 42.9 Å². The first-order valence-electron chi connectivity index (χ1n) is 44.1. The summed E-state index contributed by atoms with van der Waals surface area (Å²) in [7, 11) is 1.63. The Kier molecular flexibility index (Phi) is 28.2. The van der Waals surface area contributed by atoms with Gasteiger partial charge in [-0.2, -0.15) is 0 Å². The van der Waals surface area contributed by atoms with E-state index in [1.165, 1.54) is 34.0 Å². The molecule has 0 atom stereocenters. The fourth-order valence-corrected chi connectivity index (χ4v) is 19.1. The van der Waals surface area contributed by atoms with Crippen LogP contribution in [0.5, 0.6) is 5.75 Å². The maximum Gasteiger partial charge on any atom is 0.410 e. The van der Waals surface area contributed by atoms with Gasteiger partial charge in [-0.25, -0.2) is 29.0 Å². The van der Waals surface area contributed by atoms with Crippen LogP contribution in [0.15, 0.2) is 146 Å². The zero-order valence-electron chi connectivity index (χ0n) is 74.6. The van der Waals surface area contributed by atoms with Gasteiger partial charge in [-0.15, -0.1) is 0 Å². The average molecular weight is 1760 g/mol. The van der Waals surface area contributed by atoms with Crippen molar-refractivity contribution in [1.29, 1.82) is 0 Å². The number of hydrogen-bond donors (Lipinski definition) is 1. The highest BCUT2D eigenvalue weighted by Gasteiger charge is 2.64. The zero-order valence-corrected chi connectivity index (χ0v) is 74.6. The van der Waals surface area contributed by atoms with Gasteiger partial charge in [0, 0.05) is 119 Å². The Hall–Kier alpha value is -12.4. The predicted molar refractivity (Wildman–Crippen MR) is 480 cm³/mol. The number of aryl methyl sites for hydroxylation is 1. The fourth-order valence-electron chi connectivity index (χ4n) is 19.1. The number of imidazole rings is 1. The number of methoxy groups -OCH3 is 1. The third-order valence-corrected chi connectivity index (χ3v) is 25.3. The zero-order chi connectivity index (χ0) is 90.5. The van der Waals surface area contributed by atoms with Crippen molar-refractivity contribution in [2.75, 3.05) is 150 Å². The molecular formula is C97H120N12O19. The van der Waals surface area contributed by atoms with Gasteiger partial charge in [0.2, 0.25) is 29.5 Å². The van der Waals surface area contributed by atoms with Gasteiger partial charge in [0.05, 0.1) is 65.4 Å². The van der Waals surface area contributed by atoms with Gasteiger partial charge in [0.25, 0.3) is 0 Å². The monoisotopic (exact) mass is 1760 g/mol. The van der Waals surface area contributed by atoms with Crippen LogP contribution in [0.4, 0.5) is 52.4 Å². The molecule has 10 aliphatic heterocycles. The molecule has 5 fully saturated rings. The first-order valence-corrected chi connectivity index (χ1v) is 44.1. The molecule has 18 rings (SSSR count). The van der Waals surface area contributed by atoms with Crippen LogP contribution >= 0.6 is 0 Å². The highest BCUT2D eigenvalue weighted by atomic mass is 16.7. The number of likely N-dealkylation sites (tertiary alicyclic amines) is 5. The largest absolute Gasteiger partial charge is 0.497 e. The summed E-state index contributed by atoms with van der Waals surface area (Å²) in [5.74, 6) is 2.34. The van der Waals surface area contributed by atoms with E-state index in [1.54, 1.807) is 59.3 Å². The summed E-state index contributed by atoms with van der Waals surface area (Å²) < 4.78 is 44.4. The first kappa shape index (κ1) is 93.3. The molecule has 5 saturated heterocycles. The summed E-state index contributed by atoms with van der Waals surface area (Å²) in [5.41, 5.74) is 8.89. The number of carbonyl (C=O) groups is 11. The lowest BCUT2D eigenvalue weighted by Gasteiger charge is -2.46. The minimum Gasteiger partial charge on any atom is -0.497 e. The SMILES string of the molecule is C.CCOC(=O)N1CC2(C1)C(=O)N(CC(OCC)OCC)c1ccccc12.CCOC(=O)N1CC2(C1)C(=O)N(CC=O)c1ccccc12.CCOC(=O)N1CC2(C1)C(=O)N(Cc1nc3c(n1CCC(C)C)CCCC3)c1ccccc12.CCOC(=O)N1CC2(C1)C(=O)Nc1ccccc12.COc1ccc(CN2C(=O)C3(CN(C(=O)OC(C)(C)C)C3)c3ccccc32)cc1. The number of anilines is 5. The molecule has 1 N–H and O–H groups in total. The summed E-state index contributed by atoms with van der Waals surface area (Å²) in [6.45, 7) is 29.0. The second-order valence-corrected chi connectivity index (χ2v) is 35.0.